The van der Waals surface area contributed by atoms with Gasteiger partial charge >= 0.3 is 5.97 Å². The van der Waals surface area contributed by atoms with E-state index in [1.165, 1.54) is 99.2 Å². The molecule has 0 saturated heterocycles. The van der Waals surface area contributed by atoms with E-state index in [1.807, 2.05) is 71.5 Å². The number of anilines is 2. The van der Waals surface area contributed by atoms with Gasteiger partial charge in [-0.25, -0.2) is 0 Å². The Bertz CT molecular complexity index is 3530. The lowest BCUT2D eigenvalue weighted by Crippen LogP contribution is -2.21. The van der Waals surface area contributed by atoms with Crippen molar-refractivity contribution in [1.82, 2.24) is 29.5 Å². The number of carboxylic acids is 1. The van der Waals surface area contributed by atoms with Crippen LogP contribution in [0.2, 0.25) is 25.1 Å². The van der Waals surface area contributed by atoms with Crippen LogP contribution < -0.4 is 11.1 Å². The minimum atomic E-state index is -1.18. The Kier molecular flexibility index (Phi) is 19.1. The zero-order chi connectivity index (χ0) is 55.1. The molecule has 4 saturated carbocycles. The Morgan fingerprint density at radius 2 is 1.25 bits per heavy atom. The van der Waals surface area contributed by atoms with Crippen LogP contribution in [0.4, 0.5) is 17.1 Å². The second-order valence-electron chi connectivity index (χ2n) is 19.7. The standard InChI is InChI=1S/C26H24Cl2N4O3S.C12H12ClN3S.C10H8ClNS.C9H10ClN/c1-15-30-31-25(32(15)22-9-7-18(13-20(22)28)17-5-6-17)36-14-23(33)29-21-8-4-16(12-19(21)27)10-11-26(2,3)24(34)35;1-7-14-15-12(17)16(7)11-5-4-9(6-10(11)13)8-2-3-8;11-9-5-8(7-1-2-7)3-4-10(9)12-6-13;10-8-5-7(6-1-2-6)3-4-9(8)11/h4,7-9,12-13,17H,5-6,14H2,1-3H3,(H,29,33)(H,34,35);4-6,8H,2-3H2,1H3,(H,15,17);3-5,7H,1-2H2;3-6H,1-2,11H2. The van der Waals surface area contributed by atoms with Gasteiger partial charge in [-0.3, -0.25) is 23.8 Å². The number of aryl methyl sites for hydroxylation is 2. The quantitative estimate of drug-likeness (QED) is 0.0304. The number of amides is 1. The number of aliphatic carboxylic acids is 1. The van der Waals surface area contributed by atoms with Crippen LogP contribution in [0.1, 0.15) is 128 Å². The Balaban J connectivity index is 0.000000156. The number of carbonyl (C=O) groups excluding carboxylic acids is 1. The van der Waals surface area contributed by atoms with Crippen LogP contribution in [0.5, 0.6) is 0 Å². The molecule has 2 aromatic heterocycles. The summed E-state index contributed by atoms with van der Waals surface area (Å²) in [6, 6.07) is 29.0. The topological polar surface area (TPSA) is 169 Å². The van der Waals surface area contributed by atoms with Crippen LogP contribution in [0.15, 0.2) is 101 Å². The highest BCUT2D eigenvalue weighted by molar-refractivity contribution is 7.99. The number of nitrogens with two attached hydrogens (primary N) is 1. The molecule has 0 bridgehead atoms. The first-order valence-electron chi connectivity index (χ1n) is 24.9. The highest BCUT2D eigenvalue weighted by atomic mass is 35.5. The van der Waals surface area contributed by atoms with Gasteiger partial charge in [-0.05, 0) is 216 Å². The predicted octanol–water partition coefficient (Wildman–Crippen LogP) is 16.5. The normalized spacial score (nSPS) is 14.5. The molecule has 11 rings (SSSR count). The van der Waals surface area contributed by atoms with E-state index < -0.39 is 11.4 Å². The summed E-state index contributed by atoms with van der Waals surface area (Å²) in [5.41, 5.74) is 13.7. The van der Waals surface area contributed by atoms with Crippen LogP contribution in [0, 0.1) is 35.9 Å². The number of rotatable bonds is 12. The molecule has 7 aromatic rings. The van der Waals surface area contributed by atoms with E-state index in [-0.39, 0.29) is 11.7 Å². The number of aromatic nitrogens is 6. The molecule has 5 aromatic carbocycles. The maximum Gasteiger partial charge on any atom is 0.321 e. The zero-order valence-corrected chi connectivity index (χ0v) is 48.7. The van der Waals surface area contributed by atoms with E-state index in [9.17, 15) is 14.7 Å². The number of aromatic amines is 1. The fraction of sp³-hybridized carbons (Fsp3) is 0.316. The first-order chi connectivity index (χ1) is 36.8. The molecule has 20 heteroatoms. The molecule has 4 aliphatic rings. The fourth-order valence-electron chi connectivity index (χ4n) is 7.96. The average molecular weight is 1190 g/mol. The molecule has 12 nitrogen and oxygen atoms in total. The number of nitrogen functional groups attached to an aromatic ring is 1. The number of aliphatic imine (C=N–C) groups is 1. The summed E-state index contributed by atoms with van der Waals surface area (Å²) in [6.07, 6.45) is 10.1. The van der Waals surface area contributed by atoms with Crippen molar-refractivity contribution in [2.24, 2.45) is 10.4 Å². The Morgan fingerprint density at radius 3 is 1.71 bits per heavy atom. The fourth-order valence-corrected chi connectivity index (χ4v) is 10.3. The number of carbonyl (C=O) groups is 2. The number of hydrogen-bond acceptors (Lipinski definition) is 10. The third-order valence-electron chi connectivity index (χ3n) is 13.0. The van der Waals surface area contributed by atoms with Crippen molar-refractivity contribution < 1.29 is 14.7 Å². The number of nitrogens with zero attached hydrogens (tertiary/aromatic N) is 6. The second kappa shape index (κ2) is 25.5. The van der Waals surface area contributed by atoms with E-state index in [1.54, 1.807) is 18.2 Å². The zero-order valence-electron chi connectivity index (χ0n) is 42.5. The molecule has 0 spiro atoms. The molecule has 0 aliphatic heterocycles. The smallest absolute Gasteiger partial charge is 0.321 e. The van der Waals surface area contributed by atoms with Crippen molar-refractivity contribution in [2.45, 2.75) is 108 Å². The summed E-state index contributed by atoms with van der Waals surface area (Å²) >= 11 is 42.0. The van der Waals surface area contributed by atoms with Crippen molar-refractivity contribution in [3.63, 3.8) is 0 Å². The van der Waals surface area contributed by atoms with Crippen LogP contribution in [-0.4, -0.2) is 57.4 Å². The summed E-state index contributed by atoms with van der Waals surface area (Å²) in [5, 5.41) is 33.1. The lowest BCUT2D eigenvalue weighted by molar-refractivity contribution is -0.143. The predicted molar refractivity (Wildman–Crippen MR) is 319 cm³/mol. The number of thiocarbonyl (C=S) groups is 1. The number of isothiocyanates is 1. The number of nitrogens with one attached hydrogen (secondary N) is 2. The highest BCUT2D eigenvalue weighted by Gasteiger charge is 2.28. The van der Waals surface area contributed by atoms with E-state index in [0.29, 0.717) is 70.3 Å². The van der Waals surface area contributed by atoms with Gasteiger partial charge in [-0.2, -0.15) is 10.1 Å². The minimum Gasteiger partial charge on any atom is -0.480 e. The molecule has 2 heterocycles. The van der Waals surface area contributed by atoms with E-state index in [4.69, 9.17) is 76.0 Å². The number of hydrogen-bond donors (Lipinski definition) is 4. The molecular formula is C57H54Cl5N9O3S3. The number of halogens is 5. The van der Waals surface area contributed by atoms with Crippen molar-refractivity contribution in [3.05, 3.63) is 160 Å². The minimum absolute atomic E-state index is 0.0839. The highest BCUT2D eigenvalue weighted by Crippen LogP contribution is 2.45. The molecule has 0 radical (unpaired) electrons. The van der Waals surface area contributed by atoms with Gasteiger partial charge in [0.05, 0.1) is 64.5 Å². The summed E-state index contributed by atoms with van der Waals surface area (Å²) in [4.78, 5) is 27.7. The maximum absolute atomic E-state index is 12.6. The van der Waals surface area contributed by atoms with Crippen LogP contribution >= 0.6 is 94.2 Å². The van der Waals surface area contributed by atoms with Crippen molar-refractivity contribution >= 4 is 128 Å². The van der Waals surface area contributed by atoms with Gasteiger partial charge < -0.3 is 16.2 Å². The van der Waals surface area contributed by atoms with Crippen molar-refractivity contribution in [3.8, 4) is 23.2 Å². The van der Waals surface area contributed by atoms with E-state index in [0.717, 1.165) is 34.1 Å². The third-order valence-corrected chi connectivity index (χ3v) is 15.9. The molecular weight excluding hydrogens is 1130 g/mol. The van der Waals surface area contributed by atoms with Gasteiger partial charge in [0.25, 0.3) is 0 Å². The lowest BCUT2D eigenvalue weighted by atomic mass is 9.94. The van der Waals surface area contributed by atoms with Gasteiger partial charge in [0.15, 0.2) is 9.93 Å². The van der Waals surface area contributed by atoms with Gasteiger partial charge in [0.1, 0.15) is 17.1 Å². The molecule has 398 valence electrons. The van der Waals surface area contributed by atoms with Crippen molar-refractivity contribution in [1.29, 1.82) is 0 Å². The molecule has 1 amide bonds. The monoisotopic (exact) mass is 1180 g/mol. The number of H-pyrrole nitrogens is 1. The Morgan fingerprint density at radius 1 is 0.727 bits per heavy atom. The third kappa shape index (κ3) is 15.6. The Labute approximate surface area is 487 Å². The lowest BCUT2D eigenvalue weighted by Gasteiger charge is -2.12. The molecule has 77 heavy (non-hydrogen) atoms. The van der Waals surface area contributed by atoms with Crippen LogP contribution in [0.25, 0.3) is 11.4 Å². The SMILES string of the molecule is Cc1n[nH]c(=S)n1-c1ccc(C2CC2)cc1Cl.Cc1nnc(SCC(=O)Nc2ccc(C#CC(C)(C)C(=O)O)cc2Cl)n1-c1ccc(C2CC2)cc1Cl.Nc1ccc(C2CC2)cc1Cl.S=C=Nc1ccc(C2CC2)cc1Cl. The average Bonchev–Trinajstić information content (AvgIpc) is 4.17. The summed E-state index contributed by atoms with van der Waals surface area (Å²) in [6.45, 7) is 6.78. The largest absolute Gasteiger partial charge is 0.480 e. The van der Waals surface area contributed by atoms with E-state index in [2.05, 4.69) is 84.2 Å². The van der Waals surface area contributed by atoms with Crippen LogP contribution in [0.3, 0.4) is 0 Å². The van der Waals surface area contributed by atoms with Crippen molar-refractivity contribution in [2.75, 3.05) is 16.8 Å². The molecule has 0 atom stereocenters. The summed E-state index contributed by atoms with van der Waals surface area (Å²) in [5.74, 6) is 8.61. The van der Waals surface area contributed by atoms with Gasteiger partial charge in [0.2, 0.25) is 5.91 Å². The van der Waals surface area contributed by atoms with Gasteiger partial charge in [-0.1, -0.05) is 106 Å². The summed E-state index contributed by atoms with van der Waals surface area (Å²) in [7, 11) is 0. The first kappa shape index (κ1) is 57.7. The number of thioether (sulfide) groups is 1. The van der Waals surface area contributed by atoms with Gasteiger partial charge in [0, 0.05) is 5.56 Å². The molecule has 5 N–H and O–H groups in total. The number of carboxylic acid groups (broad SMARTS) is 1. The molecule has 0 unspecified atom stereocenters. The van der Waals surface area contributed by atoms with Crippen LogP contribution in [-0.2, 0) is 9.59 Å². The first-order valence-corrected chi connectivity index (χ1v) is 28.6. The Hall–Kier alpha value is -5.50. The second-order valence-corrected chi connectivity index (χ2v) is 23.2. The molecule has 4 aliphatic carbocycles. The van der Waals surface area contributed by atoms with Gasteiger partial charge in [-0.15, -0.1) is 10.2 Å². The summed E-state index contributed by atoms with van der Waals surface area (Å²) < 4.78 is 4.27. The molecule has 4 fully saturated rings. The van der Waals surface area contributed by atoms with E-state index >= 15 is 0 Å². The number of benzene rings is 5. The maximum atomic E-state index is 12.6.